The maximum atomic E-state index is 11.1. The van der Waals surface area contributed by atoms with Crippen molar-refractivity contribution < 1.29 is 13.5 Å². The standard InChI is InChI=1S/C18H24O3S/c1-2-3-4-5-6-7-12-21-17-10-8-16-14-18(22(19)20)11-9-15(16)13-17/h8-11,13-14H,2-7,12H2,1H3,(H,19,20). The van der Waals surface area contributed by atoms with Gasteiger partial charge in [-0.05, 0) is 41.5 Å². The van der Waals surface area contributed by atoms with Gasteiger partial charge in [-0.2, -0.15) is 0 Å². The number of hydrogen-bond donors (Lipinski definition) is 1. The Bertz CT molecular complexity index is 625. The van der Waals surface area contributed by atoms with Crippen LogP contribution < -0.4 is 4.74 Å². The molecule has 1 atom stereocenters. The van der Waals surface area contributed by atoms with E-state index in [-0.39, 0.29) is 0 Å². The fourth-order valence-electron chi connectivity index (χ4n) is 2.47. The van der Waals surface area contributed by atoms with Crippen LogP contribution in [0.3, 0.4) is 0 Å². The molecular formula is C18H24O3S. The molecule has 0 heterocycles. The summed E-state index contributed by atoms with van der Waals surface area (Å²) in [5.74, 6) is 0.860. The molecule has 0 bridgehead atoms. The van der Waals surface area contributed by atoms with Gasteiger partial charge in [-0.3, -0.25) is 0 Å². The van der Waals surface area contributed by atoms with E-state index in [2.05, 4.69) is 6.92 Å². The van der Waals surface area contributed by atoms with Gasteiger partial charge in [0, 0.05) is 0 Å². The summed E-state index contributed by atoms with van der Waals surface area (Å²) in [6.07, 6.45) is 7.52. The molecule has 22 heavy (non-hydrogen) atoms. The summed E-state index contributed by atoms with van der Waals surface area (Å²) in [5, 5.41) is 1.97. The summed E-state index contributed by atoms with van der Waals surface area (Å²) in [6, 6.07) is 11.1. The first kappa shape index (κ1) is 17.0. The summed E-state index contributed by atoms with van der Waals surface area (Å²) < 4.78 is 26.0. The Labute approximate surface area is 135 Å². The van der Waals surface area contributed by atoms with Crippen LogP contribution in [0.4, 0.5) is 0 Å². The minimum absolute atomic E-state index is 0.424. The second-order valence-corrected chi connectivity index (χ2v) is 6.51. The molecule has 0 aliphatic rings. The van der Waals surface area contributed by atoms with E-state index in [0.29, 0.717) is 4.90 Å². The first-order valence-corrected chi connectivity index (χ1v) is 9.09. The Hall–Kier alpha value is -1.39. The van der Waals surface area contributed by atoms with Crippen molar-refractivity contribution in [3.63, 3.8) is 0 Å². The molecule has 0 saturated heterocycles. The van der Waals surface area contributed by atoms with Crippen molar-refractivity contribution in [2.75, 3.05) is 6.61 Å². The van der Waals surface area contributed by atoms with Crippen LogP contribution in [-0.2, 0) is 11.1 Å². The molecule has 0 spiro atoms. The summed E-state index contributed by atoms with van der Waals surface area (Å²) in [5.41, 5.74) is 0. The van der Waals surface area contributed by atoms with Crippen molar-refractivity contribution in [2.45, 2.75) is 50.3 Å². The molecule has 3 nitrogen and oxygen atoms in total. The quantitative estimate of drug-likeness (QED) is 0.513. The third-order valence-corrected chi connectivity index (χ3v) is 4.41. The van der Waals surface area contributed by atoms with Gasteiger partial charge < -0.3 is 9.29 Å². The lowest BCUT2D eigenvalue weighted by Gasteiger charge is -2.08. The Morgan fingerprint density at radius 2 is 1.64 bits per heavy atom. The highest BCUT2D eigenvalue weighted by Gasteiger charge is 2.03. The molecule has 1 unspecified atom stereocenters. The van der Waals surface area contributed by atoms with Gasteiger partial charge in [-0.25, -0.2) is 4.21 Å². The number of benzene rings is 2. The van der Waals surface area contributed by atoms with E-state index in [9.17, 15) is 4.21 Å². The second-order valence-electron chi connectivity index (χ2n) is 5.54. The summed E-state index contributed by atoms with van der Waals surface area (Å²) in [7, 11) is 0. The SMILES string of the molecule is CCCCCCCCOc1ccc2cc(S(=O)O)ccc2c1. The summed E-state index contributed by atoms with van der Waals surface area (Å²) in [4.78, 5) is 0.424. The predicted molar refractivity (Wildman–Crippen MR) is 91.9 cm³/mol. The van der Waals surface area contributed by atoms with E-state index in [1.807, 2.05) is 24.3 Å². The number of rotatable bonds is 9. The van der Waals surface area contributed by atoms with Gasteiger partial charge in [0.1, 0.15) is 5.75 Å². The lowest BCUT2D eigenvalue weighted by molar-refractivity contribution is 0.305. The van der Waals surface area contributed by atoms with Crippen LogP contribution in [0.2, 0.25) is 0 Å². The number of hydrogen-bond acceptors (Lipinski definition) is 2. The summed E-state index contributed by atoms with van der Waals surface area (Å²) >= 11 is -1.93. The van der Waals surface area contributed by atoms with Crippen molar-refractivity contribution >= 4 is 21.9 Å². The van der Waals surface area contributed by atoms with Crippen LogP contribution in [0.1, 0.15) is 45.4 Å². The Morgan fingerprint density at radius 1 is 0.955 bits per heavy atom. The maximum absolute atomic E-state index is 11.1. The molecular weight excluding hydrogens is 296 g/mol. The van der Waals surface area contributed by atoms with Crippen molar-refractivity contribution in [3.05, 3.63) is 36.4 Å². The van der Waals surface area contributed by atoms with Gasteiger partial charge in [-0.15, -0.1) is 0 Å². The molecule has 2 rings (SSSR count). The molecule has 0 aliphatic carbocycles. The smallest absolute Gasteiger partial charge is 0.186 e. The minimum atomic E-state index is -1.93. The van der Waals surface area contributed by atoms with Crippen molar-refractivity contribution in [3.8, 4) is 5.75 Å². The highest BCUT2D eigenvalue weighted by Crippen LogP contribution is 2.23. The normalized spacial score (nSPS) is 12.5. The van der Waals surface area contributed by atoms with Crippen LogP contribution in [0.25, 0.3) is 10.8 Å². The molecule has 0 radical (unpaired) electrons. The molecule has 2 aromatic rings. The highest BCUT2D eigenvalue weighted by molar-refractivity contribution is 7.79. The second kappa shape index (κ2) is 8.91. The zero-order valence-corrected chi connectivity index (χ0v) is 13.9. The number of ether oxygens (including phenoxy) is 1. The zero-order valence-electron chi connectivity index (χ0n) is 13.1. The third-order valence-electron chi connectivity index (χ3n) is 3.75. The van der Waals surface area contributed by atoms with E-state index in [1.165, 1.54) is 32.1 Å². The van der Waals surface area contributed by atoms with Crippen LogP contribution in [0.15, 0.2) is 41.3 Å². The van der Waals surface area contributed by atoms with Crippen LogP contribution in [0, 0.1) is 0 Å². The Kier molecular flexibility index (Phi) is 6.87. The maximum Gasteiger partial charge on any atom is 0.186 e. The van der Waals surface area contributed by atoms with Crippen LogP contribution >= 0.6 is 0 Å². The third kappa shape index (κ3) is 5.11. The zero-order chi connectivity index (χ0) is 15.8. The Balaban J connectivity index is 1.85. The van der Waals surface area contributed by atoms with Gasteiger partial charge in [-0.1, -0.05) is 51.2 Å². The molecule has 2 aromatic carbocycles. The van der Waals surface area contributed by atoms with E-state index >= 15 is 0 Å². The average molecular weight is 320 g/mol. The molecule has 120 valence electrons. The van der Waals surface area contributed by atoms with E-state index in [1.54, 1.807) is 12.1 Å². The largest absolute Gasteiger partial charge is 0.494 e. The van der Waals surface area contributed by atoms with Crippen molar-refractivity contribution in [2.24, 2.45) is 0 Å². The van der Waals surface area contributed by atoms with Gasteiger partial charge in [0.05, 0.1) is 11.5 Å². The van der Waals surface area contributed by atoms with Crippen molar-refractivity contribution in [1.29, 1.82) is 0 Å². The van der Waals surface area contributed by atoms with Crippen LogP contribution in [0.5, 0.6) is 5.75 Å². The molecule has 0 aromatic heterocycles. The monoisotopic (exact) mass is 320 g/mol. The molecule has 0 saturated carbocycles. The fourth-order valence-corrected chi connectivity index (χ4v) is 2.88. The average Bonchev–Trinajstić information content (AvgIpc) is 2.53. The highest BCUT2D eigenvalue weighted by atomic mass is 32.2. The number of unbranched alkanes of at least 4 members (excludes halogenated alkanes) is 5. The number of fused-ring (bicyclic) bond motifs is 1. The minimum Gasteiger partial charge on any atom is -0.494 e. The van der Waals surface area contributed by atoms with Gasteiger partial charge in [0.25, 0.3) is 0 Å². The van der Waals surface area contributed by atoms with Gasteiger partial charge in [0.15, 0.2) is 11.1 Å². The lowest BCUT2D eigenvalue weighted by atomic mass is 10.1. The first-order valence-electron chi connectivity index (χ1n) is 7.98. The topological polar surface area (TPSA) is 46.5 Å². The van der Waals surface area contributed by atoms with E-state index < -0.39 is 11.1 Å². The van der Waals surface area contributed by atoms with Crippen molar-refractivity contribution in [1.82, 2.24) is 0 Å². The molecule has 4 heteroatoms. The lowest BCUT2D eigenvalue weighted by Crippen LogP contribution is -1.97. The molecule has 0 fully saturated rings. The van der Waals surface area contributed by atoms with Crippen LogP contribution in [-0.4, -0.2) is 15.4 Å². The van der Waals surface area contributed by atoms with Gasteiger partial charge in [0.2, 0.25) is 0 Å². The molecule has 0 aliphatic heterocycles. The van der Waals surface area contributed by atoms with Gasteiger partial charge >= 0.3 is 0 Å². The summed E-state index contributed by atoms with van der Waals surface area (Å²) in [6.45, 7) is 2.97. The van der Waals surface area contributed by atoms with E-state index in [0.717, 1.165) is 29.5 Å². The first-order chi connectivity index (χ1) is 10.7. The Morgan fingerprint density at radius 3 is 2.41 bits per heavy atom. The van der Waals surface area contributed by atoms with E-state index in [4.69, 9.17) is 9.29 Å². The predicted octanol–water partition coefficient (Wildman–Crippen LogP) is 5.16. The molecule has 0 amide bonds. The molecule has 1 N–H and O–H groups in total. The fraction of sp³-hybridized carbons (Fsp3) is 0.444.